The van der Waals surface area contributed by atoms with Gasteiger partial charge >= 0.3 is 0 Å². The molecule has 0 amide bonds. The summed E-state index contributed by atoms with van der Waals surface area (Å²) < 4.78 is 2.05. The Balaban J connectivity index is 2.52. The Bertz CT molecular complexity index is 780. The number of rotatable bonds is 2. The summed E-state index contributed by atoms with van der Waals surface area (Å²) in [7, 11) is 0. The number of ketones is 1. The minimum absolute atomic E-state index is 0.0901. The molecule has 2 aromatic carbocycles. The standard InChI is InChI=1S/C16H13NO/c1-3-17-15-7-5-4-6-13(15)14-10-12(11(2)18)8-9-16(14)17/h3-10H,1H2,2H3. The van der Waals surface area contributed by atoms with Gasteiger partial charge < -0.3 is 4.57 Å². The molecule has 0 fully saturated rings. The van der Waals surface area contributed by atoms with Crippen molar-refractivity contribution < 1.29 is 4.79 Å². The van der Waals surface area contributed by atoms with Crippen LogP contribution in [0.2, 0.25) is 0 Å². The summed E-state index contributed by atoms with van der Waals surface area (Å²) in [6, 6.07) is 14.0. The van der Waals surface area contributed by atoms with Gasteiger partial charge in [-0.25, -0.2) is 0 Å². The molecule has 0 aliphatic rings. The van der Waals surface area contributed by atoms with E-state index in [1.807, 2.05) is 30.3 Å². The number of nitrogens with zero attached hydrogens (tertiary/aromatic N) is 1. The summed E-state index contributed by atoms with van der Waals surface area (Å²) in [5.74, 6) is 0.0901. The number of hydrogen-bond donors (Lipinski definition) is 0. The molecular formula is C16H13NO. The lowest BCUT2D eigenvalue weighted by molar-refractivity contribution is 0.101. The molecule has 0 saturated heterocycles. The highest BCUT2D eigenvalue weighted by atomic mass is 16.1. The molecule has 0 N–H and O–H groups in total. The van der Waals surface area contributed by atoms with Gasteiger partial charge in [-0.05, 0) is 31.2 Å². The summed E-state index contributed by atoms with van der Waals surface area (Å²) in [6.45, 7) is 5.45. The third-order valence-corrected chi connectivity index (χ3v) is 3.30. The van der Waals surface area contributed by atoms with Crippen LogP contribution in [0.3, 0.4) is 0 Å². The van der Waals surface area contributed by atoms with Crippen LogP contribution in [0.15, 0.2) is 49.0 Å². The Morgan fingerprint density at radius 2 is 1.83 bits per heavy atom. The number of fused-ring (bicyclic) bond motifs is 3. The van der Waals surface area contributed by atoms with E-state index in [0.717, 1.165) is 27.4 Å². The van der Waals surface area contributed by atoms with Gasteiger partial charge in [0.1, 0.15) is 0 Å². The molecule has 2 nitrogen and oxygen atoms in total. The quantitative estimate of drug-likeness (QED) is 0.613. The van der Waals surface area contributed by atoms with Gasteiger partial charge in [-0.2, -0.15) is 0 Å². The van der Waals surface area contributed by atoms with E-state index in [1.54, 1.807) is 13.1 Å². The van der Waals surface area contributed by atoms with Crippen molar-refractivity contribution in [1.29, 1.82) is 0 Å². The van der Waals surface area contributed by atoms with Gasteiger partial charge in [0.2, 0.25) is 0 Å². The summed E-state index contributed by atoms with van der Waals surface area (Å²) in [6.07, 6.45) is 1.80. The van der Waals surface area contributed by atoms with E-state index < -0.39 is 0 Å². The fraction of sp³-hybridized carbons (Fsp3) is 0.0625. The van der Waals surface area contributed by atoms with Crippen molar-refractivity contribution in [2.24, 2.45) is 0 Å². The van der Waals surface area contributed by atoms with Gasteiger partial charge in [-0.1, -0.05) is 24.8 Å². The number of Topliss-reactive ketones (excluding diaryl/α,β-unsaturated/α-hetero) is 1. The van der Waals surface area contributed by atoms with Crippen LogP contribution in [0.4, 0.5) is 0 Å². The van der Waals surface area contributed by atoms with Crippen LogP contribution in [0.25, 0.3) is 28.0 Å². The zero-order chi connectivity index (χ0) is 12.7. The van der Waals surface area contributed by atoms with Gasteiger partial charge in [-0.15, -0.1) is 0 Å². The summed E-state index contributed by atoms with van der Waals surface area (Å²) >= 11 is 0. The molecule has 0 bridgehead atoms. The average Bonchev–Trinajstić information content (AvgIpc) is 2.71. The molecule has 1 aromatic heterocycles. The van der Waals surface area contributed by atoms with Gasteiger partial charge in [0.15, 0.2) is 5.78 Å². The second kappa shape index (κ2) is 3.84. The number of carbonyl (C=O) groups excluding carboxylic acids is 1. The maximum absolute atomic E-state index is 11.5. The molecule has 0 saturated carbocycles. The largest absolute Gasteiger partial charge is 0.317 e. The molecule has 3 aromatic rings. The third-order valence-electron chi connectivity index (χ3n) is 3.30. The molecule has 0 aliphatic carbocycles. The molecule has 0 radical (unpaired) electrons. The van der Waals surface area contributed by atoms with Crippen molar-refractivity contribution in [2.75, 3.05) is 0 Å². The Hall–Kier alpha value is -2.35. The van der Waals surface area contributed by atoms with Crippen LogP contribution in [0, 0.1) is 0 Å². The van der Waals surface area contributed by atoms with Gasteiger partial charge in [0.05, 0.1) is 11.0 Å². The highest BCUT2D eigenvalue weighted by molar-refractivity contribution is 6.11. The second-order valence-corrected chi connectivity index (χ2v) is 4.36. The molecular weight excluding hydrogens is 222 g/mol. The van der Waals surface area contributed by atoms with E-state index in [9.17, 15) is 4.79 Å². The molecule has 0 atom stereocenters. The molecule has 3 rings (SSSR count). The lowest BCUT2D eigenvalue weighted by atomic mass is 10.1. The van der Waals surface area contributed by atoms with Crippen LogP contribution in [0.5, 0.6) is 0 Å². The number of aromatic nitrogens is 1. The van der Waals surface area contributed by atoms with Crippen molar-refractivity contribution in [3.63, 3.8) is 0 Å². The molecule has 18 heavy (non-hydrogen) atoms. The first-order valence-corrected chi connectivity index (χ1v) is 5.88. The van der Waals surface area contributed by atoms with Gasteiger partial charge in [-0.3, -0.25) is 4.79 Å². The predicted molar refractivity (Wildman–Crippen MR) is 75.8 cm³/mol. The van der Waals surface area contributed by atoms with Crippen molar-refractivity contribution in [3.05, 3.63) is 54.6 Å². The Labute approximate surface area is 105 Å². The van der Waals surface area contributed by atoms with Crippen LogP contribution < -0.4 is 0 Å². The Morgan fingerprint density at radius 3 is 2.56 bits per heavy atom. The average molecular weight is 235 g/mol. The summed E-state index contributed by atoms with van der Waals surface area (Å²) in [4.78, 5) is 11.5. The maximum atomic E-state index is 11.5. The molecule has 1 heterocycles. The fourth-order valence-corrected chi connectivity index (χ4v) is 2.42. The van der Waals surface area contributed by atoms with E-state index in [-0.39, 0.29) is 5.78 Å². The van der Waals surface area contributed by atoms with E-state index in [4.69, 9.17) is 0 Å². The van der Waals surface area contributed by atoms with Crippen molar-refractivity contribution in [1.82, 2.24) is 4.57 Å². The smallest absolute Gasteiger partial charge is 0.159 e. The van der Waals surface area contributed by atoms with Gasteiger partial charge in [0.25, 0.3) is 0 Å². The molecule has 0 spiro atoms. The normalized spacial score (nSPS) is 10.9. The first-order valence-electron chi connectivity index (χ1n) is 5.88. The fourth-order valence-electron chi connectivity index (χ4n) is 2.42. The minimum atomic E-state index is 0.0901. The zero-order valence-corrected chi connectivity index (χ0v) is 10.2. The highest BCUT2D eigenvalue weighted by Gasteiger charge is 2.09. The topological polar surface area (TPSA) is 22.0 Å². The zero-order valence-electron chi connectivity index (χ0n) is 10.2. The molecule has 88 valence electrons. The van der Waals surface area contributed by atoms with E-state index in [1.165, 1.54) is 0 Å². The summed E-state index contributed by atoms with van der Waals surface area (Å²) in [5, 5.41) is 2.24. The maximum Gasteiger partial charge on any atom is 0.159 e. The van der Waals surface area contributed by atoms with E-state index in [2.05, 4.69) is 23.3 Å². The molecule has 2 heteroatoms. The van der Waals surface area contributed by atoms with Crippen LogP contribution in [-0.4, -0.2) is 10.4 Å². The molecule has 0 unspecified atom stereocenters. The second-order valence-electron chi connectivity index (χ2n) is 4.36. The van der Waals surface area contributed by atoms with Crippen molar-refractivity contribution in [3.8, 4) is 0 Å². The Kier molecular flexibility index (Phi) is 2.30. The number of hydrogen-bond acceptors (Lipinski definition) is 1. The van der Waals surface area contributed by atoms with E-state index in [0.29, 0.717) is 0 Å². The van der Waals surface area contributed by atoms with Crippen molar-refractivity contribution >= 4 is 33.8 Å². The first kappa shape index (κ1) is 10.8. The lowest BCUT2D eigenvalue weighted by Crippen LogP contribution is -1.91. The van der Waals surface area contributed by atoms with E-state index >= 15 is 0 Å². The number of benzene rings is 2. The predicted octanol–water partition coefficient (Wildman–Crippen LogP) is 4.10. The molecule has 0 aliphatic heterocycles. The minimum Gasteiger partial charge on any atom is -0.317 e. The number of carbonyl (C=O) groups is 1. The van der Waals surface area contributed by atoms with Gasteiger partial charge in [0, 0.05) is 22.5 Å². The highest BCUT2D eigenvalue weighted by Crippen LogP contribution is 2.29. The Morgan fingerprint density at radius 1 is 1.11 bits per heavy atom. The number of para-hydroxylation sites is 1. The monoisotopic (exact) mass is 235 g/mol. The first-order chi connectivity index (χ1) is 8.72. The van der Waals surface area contributed by atoms with Crippen molar-refractivity contribution in [2.45, 2.75) is 6.92 Å². The van der Waals surface area contributed by atoms with Crippen LogP contribution in [0.1, 0.15) is 17.3 Å². The SMILES string of the molecule is C=Cn1c2ccccc2c2cc(C(C)=O)ccc21. The lowest BCUT2D eigenvalue weighted by Gasteiger charge is -1.99. The van der Waals surface area contributed by atoms with Crippen LogP contribution >= 0.6 is 0 Å². The third kappa shape index (κ3) is 1.39. The van der Waals surface area contributed by atoms with Crippen LogP contribution in [-0.2, 0) is 0 Å². The summed E-state index contributed by atoms with van der Waals surface area (Å²) in [5.41, 5.74) is 2.94.